The lowest BCUT2D eigenvalue weighted by Crippen LogP contribution is -2.41. The van der Waals surface area contributed by atoms with E-state index in [1.54, 1.807) is 24.3 Å². The first-order chi connectivity index (χ1) is 13.5. The minimum atomic E-state index is -0.667. The highest BCUT2D eigenvalue weighted by Gasteiger charge is 2.19. The fourth-order valence-electron chi connectivity index (χ4n) is 2.51. The lowest BCUT2D eigenvalue weighted by molar-refractivity contribution is 0.136. The second-order valence-corrected chi connectivity index (χ2v) is 7.10. The number of benzene rings is 2. The van der Waals surface area contributed by atoms with Gasteiger partial charge in [-0.3, -0.25) is 0 Å². The van der Waals surface area contributed by atoms with Gasteiger partial charge in [-0.25, -0.2) is 9.82 Å². The van der Waals surface area contributed by atoms with E-state index < -0.39 is 5.82 Å². The van der Waals surface area contributed by atoms with Crippen LogP contribution in [0.4, 0.5) is 4.39 Å². The standard InChI is InChI=1S/C19H14Cl3FN4O/c20-13-3-6-18(25-10-13)19(11-2-5-15(21)16(22)7-11)26-27-28-14-4-1-12(9-24)17(23)8-14/h1-8,19,25-27H,10H2/t19-/m1/s1. The third kappa shape index (κ3) is 4.96. The molecule has 1 atom stereocenters. The van der Waals surface area contributed by atoms with Gasteiger partial charge >= 0.3 is 0 Å². The first-order valence-electron chi connectivity index (χ1n) is 8.10. The second-order valence-electron chi connectivity index (χ2n) is 5.80. The van der Waals surface area contributed by atoms with Gasteiger partial charge < -0.3 is 10.2 Å². The number of rotatable bonds is 6. The van der Waals surface area contributed by atoms with Crippen molar-refractivity contribution in [3.63, 3.8) is 0 Å². The summed E-state index contributed by atoms with van der Waals surface area (Å²) in [7, 11) is 0. The van der Waals surface area contributed by atoms with Crippen molar-refractivity contribution >= 4 is 34.8 Å². The van der Waals surface area contributed by atoms with E-state index in [9.17, 15) is 4.39 Å². The maximum atomic E-state index is 13.7. The van der Waals surface area contributed by atoms with Crippen LogP contribution in [-0.2, 0) is 0 Å². The van der Waals surface area contributed by atoms with Crippen LogP contribution in [0.5, 0.6) is 5.75 Å². The van der Waals surface area contributed by atoms with Crippen molar-refractivity contribution in [2.24, 2.45) is 0 Å². The quantitative estimate of drug-likeness (QED) is 0.567. The summed E-state index contributed by atoms with van der Waals surface area (Å²) < 4.78 is 13.7. The molecule has 28 heavy (non-hydrogen) atoms. The Morgan fingerprint density at radius 3 is 2.57 bits per heavy atom. The molecule has 0 bridgehead atoms. The summed E-state index contributed by atoms with van der Waals surface area (Å²) in [6, 6.07) is 10.5. The first-order valence-corrected chi connectivity index (χ1v) is 9.23. The summed E-state index contributed by atoms with van der Waals surface area (Å²) in [6.07, 6.45) is 3.62. The topological polar surface area (TPSA) is 69.1 Å². The predicted molar refractivity (Wildman–Crippen MR) is 107 cm³/mol. The third-order valence-electron chi connectivity index (χ3n) is 3.93. The number of hydrogen-bond acceptors (Lipinski definition) is 5. The zero-order valence-electron chi connectivity index (χ0n) is 14.3. The maximum absolute atomic E-state index is 13.7. The molecule has 0 amide bonds. The zero-order chi connectivity index (χ0) is 20.1. The van der Waals surface area contributed by atoms with Gasteiger partial charge in [-0.15, -0.1) is 0 Å². The molecule has 3 rings (SSSR count). The van der Waals surface area contributed by atoms with E-state index in [0.29, 0.717) is 21.6 Å². The Morgan fingerprint density at radius 2 is 1.93 bits per heavy atom. The zero-order valence-corrected chi connectivity index (χ0v) is 16.5. The van der Waals surface area contributed by atoms with Gasteiger partial charge in [-0.05, 0) is 42.0 Å². The van der Waals surface area contributed by atoms with Gasteiger partial charge in [0.2, 0.25) is 0 Å². The Hall–Kier alpha value is -2.27. The number of nitrogens with zero attached hydrogens (tertiary/aromatic N) is 1. The molecule has 0 aliphatic carbocycles. The van der Waals surface area contributed by atoms with Crippen molar-refractivity contribution in [3.05, 3.63) is 86.3 Å². The monoisotopic (exact) mass is 438 g/mol. The third-order valence-corrected chi connectivity index (χ3v) is 4.92. The molecule has 0 radical (unpaired) electrons. The minimum absolute atomic E-state index is 0.0609. The molecule has 1 heterocycles. The molecular formula is C19H14Cl3FN4O. The molecule has 0 saturated carbocycles. The van der Waals surface area contributed by atoms with Crippen LogP contribution < -0.4 is 21.2 Å². The lowest BCUT2D eigenvalue weighted by atomic mass is 10.0. The average molecular weight is 440 g/mol. The predicted octanol–water partition coefficient (Wildman–Crippen LogP) is 4.74. The number of hydrazine groups is 1. The molecular weight excluding hydrogens is 426 g/mol. The van der Waals surface area contributed by atoms with Crippen LogP contribution in [0.1, 0.15) is 17.2 Å². The molecule has 5 nitrogen and oxygen atoms in total. The van der Waals surface area contributed by atoms with Crippen LogP contribution in [-0.4, -0.2) is 6.54 Å². The van der Waals surface area contributed by atoms with Crippen molar-refractivity contribution in [2.45, 2.75) is 6.04 Å². The number of nitriles is 1. The van der Waals surface area contributed by atoms with Gasteiger partial charge in [0.1, 0.15) is 11.9 Å². The van der Waals surface area contributed by atoms with Crippen LogP contribution >= 0.6 is 34.8 Å². The van der Waals surface area contributed by atoms with Crippen molar-refractivity contribution < 1.29 is 9.23 Å². The van der Waals surface area contributed by atoms with Crippen molar-refractivity contribution in [3.8, 4) is 11.8 Å². The Bertz CT molecular complexity index is 988. The summed E-state index contributed by atoms with van der Waals surface area (Å²) in [6.45, 7) is 0.481. The summed E-state index contributed by atoms with van der Waals surface area (Å²) in [5.74, 6) is -0.468. The maximum Gasteiger partial charge on any atom is 0.152 e. The van der Waals surface area contributed by atoms with E-state index in [4.69, 9.17) is 44.9 Å². The van der Waals surface area contributed by atoms with Crippen LogP contribution in [0.2, 0.25) is 10.0 Å². The number of dihydropyridines is 1. The smallest absolute Gasteiger partial charge is 0.152 e. The number of allylic oxidation sites excluding steroid dienone is 2. The van der Waals surface area contributed by atoms with Crippen LogP contribution in [0.15, 0.2) is 59.3 Å². The molecule has 1 aliphatic rings. The summed E-state index contributed by atoms with van der Waals surface area (Å²) in [5.41, 5.74) is 7.15. The van der Waals surface area contributed by atoms with E-state index in [2.05, 4.69) is 16.3 Å². The van der Waals surface area contributed by atoms with E-state index in [0.717, 1.165) is 17.3 Å². The highest BCUT2D eigenvalue weighted by molar-refractivity contribution is 6.42. The summed E-state index contributed by atoms with van der Waals surface area (Å²) in [5, 5.41) is 13.5. The number of hydrogen-bond donors (Lipinski definition) is 3. The molecule has 0 fully saturated rings. The molecule has 0 unspecified atom stereocenters. The Kier molecular flexibility index (Phi) is 6.79. The van der Waals surface area contributed by atoms with E-state index in [-0.39, 0.29) is 17.4 Å². The Morgan fingerprint density at radius 1 is 1.11 bits per heavy atom. The first kappa shape index (κ1) is 20.5. The fourth-order valence-corrected chi connectivity index (χ4v) is 2.95. The average Bonchev–Trinajstić information content (AvgIpc) is 2.69. The van der Waals surface area contributed by atoms with Crippen molar-refractivity contribution in [2.75, 3.05) is 6.54 Å². The van der Waals surface area contributed by atoms with Gasteiger partial charge in [-0.2, -0.15) is 5.26 Å². The van der Waals surface area contributed by atoms with Crippen LogP contribution in [0, 0.1) is 17.1 Å². The highest BCUT2D eigenvalue weighted by atomic mass is 35.5. The highest BCUT2D eigenvalue weighted by Crippen LogP contribution is 2.29. The van der Waals surface area contributed by atoms with Crippen LogP contribution in [0.3, 0.4) is 0 Å². The Balaban J connectivity index is 1.77. The van der Waals surface area contributed by atoms with Gasteiger partial charge in [0.05, 0.1) is 28.2 Å². The van der Waals surface area contributed by atoms with Crippen LogP contribution in [0.25, 0.3) is 0 Å². The number of halogens is 4. The summed E-state index contributed by atoms with van der Waals surface area (Å²) in [4.78, 5) is 5.34. The normalized spacial score (nSPS) is 14.4. The SMILES string of the molecule is N#Cc1ccc(ONN[C@@H](C2=CC=C(Cl)CN2)c2ccc(Cl)c(Cl)c2)cc1F. The van der Waals surface area contributed by atoms with Gasteiger partial charge in [0.15, 0.2) is 5.75 Å². The van der Waals surface area contributed by atoms with Gasteiger partial charge in [-0.1, -0.05) is 46.5 Å². The van der Waals surface area contributed by atoms with E-state index >= 15 is 0 Å². The molecule has 0 saturated heterocycles. The number of nitrogens with one attached hydrogen (secondary N) is 3. The molecule has 3 N–H and O–H groups in total. The van der Waals surface area contributed by atoms with E-state index in [1.165, 1.54) is 12.1 Å². The minimum Gasteiger partial charge on any atom is -0.394 e. The molecule has 2 aromatic carbocycles. The molecule has 1 aliphatic heterocycles. The molecule has 2 aromatic rings. The molecule has 0 aromatic heterocycles. The second kappa shape index (κ2) is 9.28. The largest absolute Gasteiger partial charge is 0.394 e. The van der Waals surface area contributed by atoms with Gasteiger partial charge in [0.25, 0.3) is 0 Å². The van der Waals surface area contributed by atoms with E-state index in [1.807, 2.05) is 12.1 Å². The molecule has 144 valence electrons. The van der Waals surface area contributed by atoms with Gasteiger partial charge in [0, 0.05) is 16.8 Å². The fraction of sp³-hybridized carbons (Fsp3) is 0.105. The lowest BCUT2D eigenvalue weighted by Gasteiger charge is -2.25. The van der Waals surface area contributed by atoms with Crippen molar-refractivity contribution in [1.82, 2.24) is 16.3 Å². The molecule has 9 heteroatoms. The van der Waals surface area contributed by atoms with Crippen molar-refractivity contribution in [1.29, 1.82) is 5.26 Å². The summed E-state index contributed by atoms with van der Waals surface area (Å²) >= 11 is 18.1. The molecule has 0 spiro atoms. The Labute approximate surface area is 176 Å².